The lowest BCUT2D eigenvalue weighted by Crippen LogP contribution is -2.21. The van der Waals surface area contributed by atoms with Gasteiger partial charge in [0.05, 0.1) is 7.11 Å². The van der Waals surface area contributed by atoms with Gasteiger partial charge in [0.25, 0.3) is 0 Å². The first-order valence-corrected chi connectivity index (χ1v) is 8.11. The van der Waals surface area contributed by atoms with Gasteiger partial charge < -0.3 is 9.64 Å². The Morgan fingerprint density at radius 3 is 2.26 bits per heavy atom. The minimum Gasteiger partial charge on any atom is -0.496 e. The molecule has 0 saturated carbocycles. The number of hydrogen-bond donors (Lipinski definition) is 0. The second kappa shape index (κ2) is 8.84. The molecule has 0 heterocycles. The van der Waals surface area contributed by atoms with Gasteiger partial charge in [-0.1, -0.05) is 54.6 Å². The number of methoxy groups -OCH3 is 1. The standard InChI is InChI=1S/C21H25NO/c1-4-22(5-2)20-16-15-19(21(17-20)23-3)14-10-9-13-18-11-7-6-8-12-18/h6-17H,4-5H2,1-3H3. The Hall–Kier alpha value is -2.48. The van der Waals surface area contributed by atoms with E-state index in [1.54, 1.807) is 7.11 Å². The van der Waals surface area contributed by atoms with Crippen LogP contribution in [0.1, 0.15) is 25.0 Å². The van der Waals surface area contributed by atoms with Crippen LogP contribution in [0.15, 0.2) is 60.7 Å². The van der Waals surface area contributed by atoms with Gasteiger partial charge in [-0.25, -0.2) is 0 Å². The van der Waals surface area contributed by atoms with Crippen molar-refractivity contribution in [3.05, 3.63) is 71.8 Å². The van der Waals surface area contributed by atoms with E-state index in [4.69, 9.17) is 4.74 Å². The van der Waals surface area contributed by atoms with Crippen LogP contribution in [0.3, 0.4) is 0 Å². The van der Waals surface area contributed by atoms with Crippen molar-refractivity contribution in [1.82, 2.24) is 0 Å². The van der Waals surface area contributed by atoms with E-state index in [9.17, 15) is 0 Å². The molecular formula is C21H25NO. The van der Waals surface area contributed by atoms with Gasteiger partial charge in [-0.05, 0) is 31.5 Å². The predicted molar refractivity (Wildman–Crippen MR) is 101 cm³/mol. The molecule has 120 valence electrons. The van der Waals surface area contributed by atoms with Gasteiger partial charge in [-0.3, -0.25) is 0 Å². The van der Waals surface area contributed by atoms with Crippen LogP contribution >= 0.6 is 0 Å². The molecule has 0 fully saturated rings. The minimum absolute atomic E-state index is 0.902. The summed E-state index contributed by atoms with van der Waals surface area (Å²) in [5, 5.41) is 0. The van der Waals surface area contributed by atoms with Gasteiger partial charge in [0.1, 0.15) is 5.75 Å². The molecule has 2 nitrogen and oxygen atoms in total. The Labute approximate surface area is 139 Å². The second-order valence-electron chi connectivity index (χ2n) is 5.23. The summed E-state index contributed by atoms with van der Waals surface area (Å²) < 4.78 is 5.54. The second-order valence-corrected chi connectivity index (χ2v) is 5.23. The molecule has 2 aromatic rings. The Bertz CT molecular complexity index is 655. The van der Waals surface area contributed by atoms with Crippen molar-refractivity contribution in [1.29, 1.82) is 0 Å². The van der Waals surface area contributed by atoms with Gasteiger partial charge in [0, 0.05) is 30.4 Å². The molecule has 0 saturated heterocycles. The summed E-state index contributed by atoms with van der Waals surface area (Å²) >= 11 is 0. The van der Waals surface area contributed by atoms with Crippen molar-refractivity contribution >= 4 is 17.8 Å². The third-order valence-electron chi connectivity index (χ3n) is 3.82. The first kappa shape index (κ1) is 16.9. The van der Waals surface area contributed by atoms with Crippen LogP contribution in [-0.4, -0.2) is 20.2 Å². The molecule has 0 amide bonds. The van der Waals surface area contributed by atoms with E-state index in [0.717, 1.165) is 24.4 Å². The van der Waals surface area contributed by atoms with E-state index in [1.165, 1.54) is 11.3 Å². The molecule has 0 atom stereocenters. The SMILES string of the molecule is CCN(CC)c1ccc(C=CC=Cc2ccccc2)c(OC)c1. The first-order chi connectivity index (χ1) is 11.3. The monoisotopic (exact) mass is 307 g/mol. The molecule has 0 aromatic heterocycles. The quantitative estimate of drug-likeness (QED) is 0.646. The van der Waals surface area contributed by atoms with E-state index in [-0.39, 0.29) is 0 Å². The number of rotatable bonds is 7. The molecule has 2 aromatic carbocycles. The summed E-state index contributed by atoms with van der Waals surface area (Å²) in [5.41, 5.74) is 3.48. The highest BCUT2D eigenvalue weighted by Gasteiger charge is 2.06. The van der Waals surface area contributed by atoms with Crippen molar-refractivity contribution in [2.45, 2.75) is 13.8 Å². The fourth-order valence-electron chi connectivity index (χ4n) is 2.51. The molecular weight excluding hydrogens is 282 g/mol. The fourth-order valence-corrected chi connectivity index (χ4v) is 2.51. The van der Waals surface area contributed by atoms with Crippen LogP contribution in [0.25, 0.3) is 12.2 Å². The number of allylic oxidation sites excluding steroid dienone is 2. The third kappa shape index (κ3) is 4.75. The lowest BCUT2D eigenvalue weighted by molar-refractivity contribution is 0.414. The number of ether oxygens (including phenoxy) is 1. The van der Waals surface area contributed by atoms with Crippen molar-refractivity contribution in [2.24, 2.45) is 0 Å². The summed E-state index contributed by atoms with van der Waals surface area (Å²) in [6, 6.07) is 16.6. The topological polar surface area (TPSA) is 12.5 Å². The molecule has 0 N–H and O–H groups in total. The van der Waals surface area contributed by atoms with Crippen molar-refractivity contribution in [2.75, 3.05) is 25.1 Å². The Balaban J connectivity index is 2.13. The van der Waals surface area contributed by atoms with Crippen molar-refractivity contribution in [3.8, 4) is 5.75 Å². The Morgan fingerprint density at radius 1 is 0.913 bits per heavy atom. The maximum Gasteiger partial charge on any atom is 0.128 e. The van der Waals surface area contributed by atoms with Gasteiger partial charge in [0.15, 0.2) is 0 Å². The number of anilines is 1. The van der Waals surface area contributed by atoms with Gasteiger partial charge in [0.2, 0.25) is 0 Å². The maximum atomic E-state index is 5.54. The Morgan fingerprint density at radius 2 is 1.61 bits per heavy atom. The maximum absolute atomic E-state index is 5.54. The summed E-state index contributed by atoms with van der Waals surface area (Å²) in [4.78, 5) is 2.31. The van der Waals surface area contributed by atoms with E-state index in [2.05, 4.69) is 61.2 Å². The zero-order valence-corrected chi connectivity index (χ0v) is 14.2. The van der Waals surface area contributed by atoms with Crippen molar-refractivity contribution < 1.29 is 4.74 Å². The van der Waals surface area contributed by atoms with Crippen LogP contribution in [0.2, 0.25) is 0 Å². The van der Waals surface area contributed by atoms with Crippen LogP contribution in [0.5, 0.6) is 5.75 Å². The molecule has 0 aliphatic carbocycles. The molecule has 0 unspecified atom stereocenters. The molecule has 0 aliphatic heterocycles. The van der Waals surface area contributed by atoms with E-state index < -0.39 is 0 Å². The highest BCUT2D eigenvalue weighted by Crippen LogP contribution is 2.26. The average Bonchev–Trinajstić information content (AvgIpc) is 2.61. The lowest BCUT2D eigenvalue weighted by atomic mass is 10.1. The largest absolute Gasteiger partial charge is 0.496 e. The smallest absolute Gasteiger partial charge is 0.128 e. The van der Waals surface area contributed by atoms with Crippen LogP contribution < -0.4 is 9.64 Å². The molecule has 0 spiro atoms. The zero-order valence-electron chi connectivity index (χ0n) is 14.2. The fraction of sp³-hybridized carbons (Fsp3) is 0.238. The molecule has 0 radical (unpaired) electrons. The molecule has 23 heavy (non-hydrogen) atoms. The zero-order chi connectivity index (χ0) is 16.5. The van der Waals surface area contributed by atoms with E-state index in [0.29, 0.717) is 0 Å². The van der Waals surface area contributed by atoms with Gasteiger partial charge in [-0.2, -0.15) is 0 Å². The summed E-state index contributed by atoms with van der Waals surface area (Å²) in [7, 11) is 1.72. The van der Waals surface area contributed by atoms with Crippen LogP contribution in [-0.2, 0) is 0 Å². The summed E-state index contributed by atoms with van der Waals surface area (Å²) in [6.45, 7) is 6.32. The summed E-state index contributed by atoms with van der Waals surface area (Å²) in [5.74, 6) is 0.902. The number of hydrogen-bond acceptors (Lipinski definition) is 2. The van der Waals surface area contributed by atoms with Crippen LogP contribution in [0.4, 0.5) is 5.69 Å². The minimum atomic E-state index is 0.902. The van der Waals surface area contributed by atoms with Crippen molar-refractivity contribution in [3.63, 3.8) is 0 Å². The molecule has 2 rings (SSSR count). The number of nitrogens with zero attached hydrogens (tertiary/aromatic N) is 1. The lowest BCUT2D eigenvalue weighted by Gasteiger charge is -2.22. The highest BCUT2D eigenvalue weighted by atomic mass is 16.5. The van der Waals surface area contributed by atoms with E-state index >= 15 is 0 Å². The first-order valence-electron chi connectivity index (χ1n) is 8.11. The normalized spacial score (nSPS) is 11.3. The number of benzene rings is 2. The summed E-state index contributed by atoms with van der Waals surface area (Å²) in [6.07, 6.45) is 8.26. The molecule has 0 bridgehead atoms. The van der Waals surface area contributed by atoms with Crippen LogP contribution in [0, 0.1) is 0 Å². The van der Waals surface area contributed by atoms with Gasteiger partial charge >= 0.3 is 0 Å². The van der Waals surface area contributed by atoms with E-state index in [1.807, 2.05) is 30.4 Å². The molecule has 2 heteroatoms. The predicted octanol–water partition coefficient (Wildman–Crippen LogP) is 5.27. The van der Waals surface area contributed by atoms with Gasteiger partial charge in [-0.15, -0.1) is 0 Å². The average molecular weight is 307 g/mol. The molecule has 0 aliphatic rings. The highest BCUT2D eigenvalue weighted by molar-refractivity contribution is 5.65. The third-order valence-corrected chi connectivity index (χ3v) is 3.82. The Kier molecular flexibility index (Phi) is 6.49.